The minimum atomic E-state index is 1.01. The first-order valence-electron chi connectivity index (χ1n) is 6.75. The minimum absolute atomic E-state index is 1.01. The molecule has 0 bridgehead atoms. The van der Waals surface area contributed by atoms with Crippen molar-refractivity contribution in [3.8, 4) is 0 Å². The lowest BCUT2D eigenvalue weighted by molar-refractivity contribution is 0.133. The molecule has 2 fully saturated rings. The van der Waals surface area contributed by atoms with Crippen molar-refractivity contribution in [1.82, 2.24) is 0 Å². The highest BCUT2D eigenvalue weighted by atomic mass is 14.4. The molecule has 0 heterocycles. The van der Waals surface area contributed by atoms with E-state index >= 15 is 0 Å². The van der Waals surface area contributed by atoms with Gasteiger partial charge in [-0.2, -0.15) is 0 Å². The third-order valence-electron chi connectivity index (χ3n) is 4.53. The fourth-order valence-electron chi connectivity index (χ4n) is 4.00. The molecule has 0 aromatic heterocycles. The summed E-state index contributed by atoms with van der Waals surface area (Å²) in [6.45, 7) is 4.93. The van der Waals surface area contributed by atoms with Gasteiger partial charge in [-0.15, -0.1) is 0 Å². The lowest BCUT2D eigenvalue weighted by atomic mass is 9.68. The number of rotatable bonds is 1. The molecule has 0 saturated heterocycles. The maximum absolute atomic E-state index is 2.46. The van der Waals surface area contributed by atoms with Gasteiger partial charge in [-0.3, -0.25) is 0 Å². The highest BCUT2D eigenvalue weighted by Gasteiger charge is 2.30. The standard InChI is InChI=1S/C14H26/c1-11-8-12(2)10-14(9-11)13-6-4-3-5-7-13/h11-14H,3-10H2,1-2H3. The van der Waals surface area contributed by atoms with E-state index in [9.17, 15) is 0 Å². The van der Waals surface area contributed by atoms with Crippen molar-refractivity contribution in [2.75, 3.05) is 0 Å². The molecule has 2 saturated carbocycles. The molecule has 2 rings (SSSR count). The van der Waals surface area contributed by atoms with Gasteiger partial charge in [0.25, 0.3) is 0 Å². The van der Waals surface area contributed by atoms with E-state index in [1.165, 1.54) is 38.5 Å². The molecule has 0 heteroatoms. The summed E-state index contributed by atoms with van der Waals surface area (Å²) < 4.78 is 0. The van der Waals surface area contributed by atoms with E-state index in [1.807, 2.05) is 0 Å². The molecular formula is C14H26. The van der Waals surface area contributed by atoms with E-state index in [4.69, 9.17) is 0 Å². The van der Waals surface area contributed by atoms with E-state index in [0.29, 0.717) is 0 Å². The van der Waals surface area contributed by atoms with Crippen LogP contribution in [-0.2, 0) is 0 Å². The van der Waals surface area contributed by atoms with Crippen LogP contribution in [0.3, 0.4) is 0 Å². The van der Waals surface area contributed by atoms with Crippen LogP contribution in [0.1, 0.15) is 65.2 Å². The maximum atomic E-state index is 2.46. The lowest BCUT2D eigenvalue weighted by Gasteiger charge is -2.38. The van der Waals surface area contributed by atoms with Crippen molar-refractivity contribution in [1.29, 1.82) is 0 Å². The van der Waals surface area contributed by atoms with Gasteiger partial charge in [0, 0.05) is 0 Å². The zero-order valence-electron chi connectivity index (χ0n) is 9.97. The maximum Gasteiger partial charge on any atom is -0.0381 e. The van der Waals surface area contributed by atoms with E-state index < -0.39 is 0 Å². The number of hydrogen-bond donors (Lipinski definition) is 0. The molecule has 2 aliphatic carbocycles. The first-order chi connectivity index (χ1) is 6.75. The molecule has 2 aliphatic rings. The highest BCUT2D eigenvalue weighted by Crippen LogP contribution is 2.41. The van der Waals surface area contributed by atoms with Crippen LogP contribution < -0.4 is 0 Å². The van der Waals surface area contributed by atoms with Gasteiger partial charge in [0.1, 0.15) is 0 Å². The Kier molecular flexibility index (Phi) is 3.52. The first-order valence-corrected chi connectivity index (χ1v) is 6.75. The Morgan fingerprint density at radius 1 is 0.643 bits per heavy atom. The molecule has 2 atom stereocenters. The van der Waals surface area contributed by atoms with Crippen LogP contribution in [0.4, 0.5) is 0 Å². The Morgan fingerprint density at radius 2 is 1.21 bits per heavy atom. The van der Waals surface area contributed by atoms with Crippen molar-refractivity contribution in [3.05, 3.63) is 0 Å². The average Bonchev–Trinajstić information content (AvgIpc) is 2.18. The Hall–Kier alpha value is 0. The molecule has 0 aliphatic heterocycles. The molecule has 0 N–H and O–H groups in total. The normalized spacial score (nSPS) is 41.1. The largest absolute Gasteiger partial charge is 0.0625 e. The van der Waals surface area contributed by atoms with Gasteiger partial charge >= 0.3 is 0 Å². The lowest BCUT2D eigenvalue weighted by Crippen LogP contribution is -2.27. The smallest absolute Gasteiger partial charge is 0.0381 e. The Labute approximate surface area is 89.5 Å². The summed E-state index contributed by atoms with van der Waals surface area (Å²) in [7, 11) is 0. The second-order valence-corrected chi connectivity index (χ2v) is 6.08. The van der Waals surface area contributed by atoms with Gasteiger partial charge in [-0.25, -0.2) is 0 Å². The molecule has 14 heavy (non-hydrogen) atoms. The summed E-state index contributed by atoms with van der Waals surface area (Å²) in [5.41, 5.74) is 0. The van der Waals surface area contributed by atoms with Crippen LogP contribution in [0.15, 0.2) is 0 Å². The first kappa shape index (κ1) is 10.5. The third-order valence-corrected chi connectivity index (χ3v) is 4.53. The van der Waals surface area contributed by atoms with Crippen LogP contribution >= 0.6 is 0 Å². The number of hydrogen-bond acceptors (Lipinski definition) is 0. The average molecular weight is 194 g/mol. The van der Waals surface area contributed by atoms with Gasteiger partial charge in [0.15, 0.2) is 0 Å². The summed E-state index contributed by atoms with van der Waals surface area (Å²) in [6, 6.07) is 0. The monoisotopic (exact) mass is 194 g/mol. The van der Waals surface area contributed by atoms with Crippen molar-refractivity contribution < 1.29 is 0 Å². The summed E-state index contributed by atoms with van der Waals surface area (Å²) in [5.74, 6) is 4.21. The van der Waals surface area contributed by atoms with Crippen molar-refractivity contribution in [2.45, 2.75) is 65.2 Å². The van der Waals surface area contributed by atoms with Crippen LogP contribution in [0.25, 0.3) is 0 Å². The predicted octanol–water partition coefficient (Wildman–Crippen LogP) is 4.64. The topological polar surface area (TPSA) is 0 Å². The molecule has 0 nitrogen and oxygen atoms in total. The predicted molar refractivity (Wildman–Crippen MR) is 62.2 cm³/mol. The molecule has 0 aromatic carbocycles. The van der Waals surface area contributed by atoms with Crippen molar-refractivity contribution in [2.24, 2.45) is 23.7 Å². The van der Waals surface area contributed by atoms with Gasteiger partial charge < -0.3 is 0 Å². The summed E-state index contributed by atoms with van der Waals surface area (Å²) in [5, 5.41) is 0. The summed E-state index contributed by atoms with van der Waals surface area (Å²) >= 11 is 0. The van der Waals surface area contributed by atoms with Gasteiger partial charge in [-0.1, -0.05) is 46.0 Å². The zero-order chi connectivity index (χ0) is 9.97. The Morgan fingerprint density at radius 3 is 1.79 bits per heavy atom. The van der Waals surface area contributed by atoms with Crippen LogP contribution in [0, 0.1) is 23.7 Å². The van der Waals surface area contributed by atoms with Crippen LogP contribution in [0.2, 0.25) is 0 Å². The van der Waals surface area contributed by atoms with Crippen molar-refractivity contribution >= 4 is 0 Å². The van der Waals surface area contributed by atoms with E-state index in [-0.39, 0.29) is 0 Å². The zero-order valence-corrected chi connectivity index (χ0v) is 9.97. The quantitative estimate of drug-likeness (QED) is 0.570. The van der Waals surface area contributed by atoms with E-state index in [1.54, 1.807) is 12.8 Å². The molecule has 0 aromatic rings. The van der Waals surface area contributed by atoms with E-state index in [2.05, 4.69) is 13.8 Å². The van der Waals surface area contributed by atoms with Crippen molar-refractivity contribution in [3.63, 3.8) is 0 Å². The molecule has 0 spiro atoms. The van der Waals surface area contributed by atoms with Crippen LogP contribution in [-0.4, -0.2) is 0 Å². The highest BCUT2D eigenvalue weighted by molar-refractivity contribution is 4.81. The fraction of sp³-hybridized carbons (Fsp3) is 1.00. The molecule has 2 unspecified atom stereocenters. The second-order valence-electron chi connectivity index (χ2n) is 6.08. The summed E-state index contributed by atoms with van der Waals surface area (Å²) in [4.78, 5) is 0. The second kappa shape index (κ2) is 4.68. The SMILES string of the molecule is CC1CC(C)CC(C2CCCCC2)C1. The molecule has 0 radical (unpaired) electrons. The minimum Gasteiger partial charge on any atom is -0.0625 e. The summed E-state index contributed by atoms with van der Waals surface area (Å²) in [6.07, 6.45) is 12.2. The van der Waals surface area contributed by atoms with Crippen LogP contribution in [0.5, 0.6) is 0 Å². The molecule has 0 amide bonds. The van der Waals surface area contributed by atoms with E-state index in [0.717, 1.165) is 23.7 Å². The third kappa shape index (κ3) is 2.52. The Balaban J connectivity index is 1.88. The molecular weight excluding hydrogens is 168 g/mol. The fourth-order valence-corrected chi connectivity index (χ4v) is 4.00. The van der Waals surface area contributed by atoms with Gasteiger partial charge in [0.05, 0.1) is 0 Å². The van der Waals surface area contributed by atoms with Gasteiger partial charge in [0.2, 0.25) is 0 Å². The molecule has 82 valence electrons. The Bertz CT molecular complexity index is 157. The van der Waals surface area contributed by atoms with Gasteiger partial charge in [-0.05, 0) is 42.9 Å².